The lowest BCUT2D eigenvalue weighted by Crippen LogP contribution is -2.12. The Bertz CT molecular complexity index is 1020. The molecule has 0 amide bonds. The molecule has 0 fully saturated rings. The second-order valence-corrected chi connectivity index (χ2v) is 6.59. The largest absolute Gasteiger partial charge is 0.493 e. The average molecular weight is 397 g/mol. The zero-order valence-corrected chi connectivity index (χ0v) is 16.5. The molecule has 0 radical (unpaired) electrons. The van der Waals surface area contributed by atoms with Crippen molar-refractivity contribution in [2.45, 2.75) is 6.92 Å². The average Bonchev–Trinajstić information content (AvgIpc) is 2.69. The van der Waals surface area contributed by atoms with Gasteiger partial charge in [-0.05, 0) is 55.0 Å². The van der Waals surface area contributed by atoms with E-state index >= 15 is 0 Å². The van der Waals surface area contributed by atoms with E-state index in [0.717, 1.165) is 22.2 Å². The number of methoxy groups -OCH3 is 1. The number of pyridine rings is 1. The molecule has 3 aromatic rings. The molecule has 1 N–H and O–H groups in total. The number of nitrogens with zero attached hydrogens (tertiary/aromatic N) is 1. The topological polar surface area (TPSA) is 60.5 Å². The van der Waals surface area contributed by atoms with Crippen LogP contribution >= 0.6 is 11.6 Å². The molecule has 0 atom stereocenters. The van der Waals surface area contributed by atoms with Crippen molar-refractivity contribution in [2.75, 3.05) is 25.6 Å². The summed E-state index contributed by atoms with van der Waals surface area (Å²) >= 11 is 6.03. The first kappa shape index (κ1) is 19.7. The molecule has 2 aromatic carbocycles. The van der Waals surface area contributed by atoms with Crippen LogP contribution in [-0.2, 0) is 4.79 Å². The molecular formula is C22H21ClN2O3. The minimum absolute atomic E-state index is 0.00345. The van der Waals surface area contributed by atoms with Gasteiger partial charge in [0.25, 0.3) is 0 Å². The highest BCUT2D eigenvalue weighted by Gasteiger charge is 2.06. The zero-order chi connectivity index (χ0) is 19.9. The van der Waals surface area contributed by atoms with Gasteiger partial charge in [0.05, 0.1) is 12.6 Å². The van der Waals surface area contributed by atoms with Gasteiger partial charge >= 0.3 is 0 Å². The predicted molar refractivity (Wildman–Crippen MR) is 113 cm³/mol. The Kier molecular flexibility index (Phi) is 6.50. The molecule has 5 nitrogen and oxygen atoms in total. The quantitative estimate of drug-likeness (QED) is 0.429. The van der Waals surface area contributed by atoms with E-state index < -0.39 is 0 Å². The van der Waals surface area contributed by atoms with Crippen LogP contribution in [0.5, 0.6) is 11.5 Å². The van der Waals surface area contributed by atoms with Crippen molar-refractivity contribution in [1.82, 2.24) is 4.98 Å². The van der Waals surface area contributed by atoms with Crippen molar-refractivity contribution >= 4 is 40.1 Å². The number of hydrogen-bond acceptors (Lipinski definition) is 5. The number of nitrogens with one attached hydrogen (secondary N) is 1. The number of rotatable bonds is 8. The predicted octanol–water partition coefficient (Wildman–Crippen LogP) is 4.99. The highest BCUT2D eigenvalue weighted by atomic mass is 35.5. The number of anilines is 1. The fraction of sp³-hybridized carbons (Fsp3) is 0.182. The molecule has 0 aliphatic heterocycles. The number of ketones is 1. The van der Waals surface area contributed by atoms with Crippen LogP contribution in [0.2, 0.25) is 5.02 Å². The van der Waals surface area contributed by atoms with Crippen molar-refractivity contribution in [3.63, 3.8) is 0 Å². The van der Waals surface area contributed by atoms with Gasteiger partial charge in [0, 0.05) is 28.8 Å². The summed E-state index contributed by atoms with van der Waals surface area (Å²) in [7, 11) is 1.59. The number of ether oxygens (including phenoxy) is 2. The van der Waals surface area contributed by atoms with Crippen LogP contribution < -0.4 is 14.8 Å². The molecule has 3 rings (SSSR count). The van der Waals surface area contributed by atoms with Crippen LogP contribution in [0.4, 0.5) is 5.69 Å². The molecule has 28 heavy (non-hydrogen) atoms. The molecule has 144 valence electrons. The summed E-state index contributed by atoms with van der Waals surface area (Å²) in [5.74, 6) is 1.27. The Morgan fingerprint density at radius 2 is 2.04 bits per heavy atom. The minimum Gasteiger partial charge on any atom is -0.493 e. The number of carbonyl (C=O) groups is 1. The molecule has 0 aliphatic carbocycles. The number of hydrogen-bond donors (Lipinski definition) is 1. The van der Waals surface area contributed by atoms with E-state index in [1.54, 1.807) is 19.4 Å². The standard InChI is InChI=1S/C22H21ClN2O3/c1-15(26)3-4-16-5-8-21(22(13-16)27-2)28-12-11-25-19-9-10-24-20-14-17(23)6-7-18(19)20/h3-10,13-14H,11-12H2,1-2H3,(H,24,25)/b4-3+. The van der Waals surface area contributed by atoms with Gasteiger partial charge in [0.2, 0.25) is 0 Å². The monoisotopic (exact) mass is 396 g/mol. The van der Waals surface area contributed by atoms with Gasteiger partial charge in [0.15, 0.2) is 17.3 Å². The van der Waals surface area contributed by atoms with Gasteiger partial charge in [-0.2, -0.15) is 0 Å². The molecule has 0 aliphatic rings. The van der Waals surface area contributed by atoms with Gasteiger partial charge in [0.1, 0.15) is 6.61 Å². The molecule has 0 unspecified atom stereocenters. The van der Waals surface area contributed by atoms with Gasteiger partial charge < -0.3 is 14.8 Å². The van der Waals surface area contributed by atoms with E-state index in [4.69, 9.17) is 21.1 Å². The lowest BCUT2D eigenvalue weighted by Gasteiger charge is -2.13. The van der Waals surface area contributed by atoms with E-state index in [0.29, 0.717) is 29.7 Å². The third kappa shape index (κ3) is 5.02. The Balaban J connectivity index is 1.62. The molecule has 0 saturated heterocycles. The fourth-order valence-electron chi connectivity index (χ4n) is 2.74. The molecular weight excluding hydrogens is 376 g/mol. The first-order valence-electron chi connectivity index (χ1n) is 8.84. The van der Waals surface area contributed by atoms with E-state index in [9.17, 15) is 4.79 Å². The van der Waals surface area contributed by atoms with Gasteiger partial charge in [-0.3, -0.25) is 9.78 Å². The van der Waals surface area contributed by atoms with Crippen molar-refractivity contribution in [3.8, 4) is 11.5 Å². The van der Waals surface area contributed by atoms with Crippen LogP contribution in [0.25, 0.3) is 17.0 Å². The van der Waals surface area contributed by atoms with Crippen LogP contribution in [0.3, 0.4) is 0 Å². The SMILES string of the molecule is COc1cc(/C=C/C(C)=O)ccc1OCCNc1ccnc2cc(Cl)ccc12. The molecule has 0 bridgehead atoms. The molecule has 6 heteroatoms. The highest BCUT2D eigenvalue weighted by Crippen LogP contribution is 2.29. The second-order valence-electron chi connectivity index (χ2n) is 6.15. The summed E-state index contributed by atoms with van der Waals surface area (Å²) in [6.07, 6.45) is 5.01. The lowest BCUT2D eigenvalue weighted by atomic mass is 10.1. The maximum atomic E-state index is 11.1. The Labute approximate surface area is 168 Å². The van der Waals surface area contributed by atoms with Gasteiger partial charge in [-0.15, -0.1) is 0 Å². The summed E-state index contributed by atoms with van der Waals surface area (Å²) in [4.78, 5) is 15.4. The van der Waals surface area contributed by atoms with Gasteiger partial charge in [-0.25, -0.2) is 0 Å². The fourth-order valence-corrected chi connectivity index (χ4v) is 2.91. The van der Waals surface area contributed by atoms with Gasteiger partial charge in [-0.1, -0.05) is 23.7 Å². The Morgan fingerprint density at radius 3 is 2.82 bits per heavy atom. The number of aromatic nitrogens is 1. The number of fused-ring (bicyclic) bond motifs is 1. The second kappa shape index (κ2) is 9.24. The van der Waals surface area contributed by atoms with Crippen LogP contribution in [0.1, 0.15) is 12.5 Å². The highest BCUT2D eigenvalue weighted by molar-refractivity contribution is 6.31. The molecule has 1 aromatic heterocycles. The molecule has 0 spiro atoms. The summed E-state index contributed by atoms with van der Waals surface area (Å²) in [6, 6.07) is 13.1. The first-order chi connectivity index (χ1) is 13.6. The summed E-state index contributed by atoms with van der Waals surface area (Å²) < 4.78 is 11.2. The van der Waals surface area contributed by atoms with E-state index in [2.05, 4.69) is 10.3 Å². The smallest absolute Gasteiger partial charge is 0.161 e. The van der Waals surface area contributed by atoms with E-state index in [-0.39, 0.29) is 5.78 Å². The number of halogens is 1. The number of benzene rings is 2. The summed E-state index contributed by atoms with van der Waals surface area (Å²) in [6.45, 7) is 2.58. The van der Waals surface area contributed by atoms with Crippen LogP contribution in [0, 0.1) is 0 Å². The van der Waals surface area contributed by atoms with E-state index in [1.165, 1.54) is 13.0 Å². The zero-order valence-electron chi connectivity index (χ0n) is 15.7. The van der Waals surface area contributed by atoms with E-state index in [1.807, 2.05) is 42.5 Å². The third-order valence-corrected chi connectivity index (χ3v) is 4.31. The Hall–Kier alpha value is -3.05. The minimum atomic E-state index is -0.00345. The molecule has 1 heterocycles. The molecule has 0 saturated carbocycles. The van der Waals surface area contributed by atoms with Crippen molar-refractivity contribution in [3.05, 3.63) is 65.3 Å². The summed E-state index contributed by atoms with van der Waals surface area (Å²) in [5.41, 5.74) is 2.69. The normalized spacial score (nSPS) is 11.0. The number of carbonyl (C=O) groups excluding carboxylic acids is 1. The van der Waals surface area contributed by atoms with Crippen LogP contribution in [-0.4, -0.2) is 31.0 Å². The van der Waals surface area contributed by atoms with Crippen molar-refractivity contribution in [2.24, 2.45) is 0 Å². The number of allylic oxidation sites excluding steroid dienone is 1. The third-order valence-electron chi connectivity index (χ3n) is 4.08. The van der Waals surface area contributed by atoms with Crippen LogP contribution in [0.15, 0.2) is 54.7 Å². The first-order valence-corrected chi connectivity index (χ1v) is 9.22. The van der Waals surface area contributed by atoms with Crippen molar-refractivity contribution in [1.29, 1.82) is 0 Å². The Morgan fingerprint density at radius 1 is 1.18 bits per heavy atom. The maximum Gasteiger partial charge on any atom is 0.161 e. The summed E-state index contributed by atoms with van der Waals surface area (Å²) in [5, 5.41) is 5.03. The van der Waals surface area contributed by atoms with Crippen molar-refractivity contribution < 1.29 is 14.3 Å². The maximum absolute atomic E-state index is 11.1. The lowest BCUT2D eigenvalue weighted by molar-refractivity contribution is -0.112.